The monoisotopic (exact) mass is 426 g/mol. The molecule has 1 aliphatic rings. The molecule has 29 heavy (non-hydrogen) atoms. The van der Waals surface area contributed by atoms with Gasteiger partial charge in [0.1, 0.15) is 6.17 Å². The molecule has 2 atom stereocenters. The summed E-state index contributed by atoms with van der Waals surface area (Å²) in [5.74, 6) is 0.279. The van der Waals surface area contributed by atoms with E-state index in [9.17, 15) is 17.9 Å². The van der Waals surface area contributed by atoms with Crippen LogP contribution >= 0.6 is 0 Å². The minimum atomic E-state index is -3.41. The van der Waals surface area contributed by atoms with Crippen LogP contribution in [0.4, 0.5) is 10.3 Å². The van der Waals surface area contributed by atoms with Crippen LogP contribution in [0, 0.1) is 6.92 Å². The number of hydrogen-bond donors (Lipinski definition) is 2. The maximum Gasteiger partial charge on any atom is 0.223 e. The zero-order valence-electron chi connectivity index (χ0n) is 17.0. The van der Waals surface area contributed by atoms with Crippen molar-refractivity contribution in [2.75, 3.05) is 24.7 Å². The Kier molecular flexibility index (Phi) is 5.93. The van der Waals surface area contributed by atoms with Crippen LogP contribution in [0.5, 0.6) is 0 Å². The van der Waals surface area contributed by atoms with Crippen molar-refractivity contribution >= 4 is 16.0 Å². The lowest BCUT2D eigenvalue weighted by molar-refractivity contribution is 0.0577. The van der Waals surface area contributed by atoms with Gasteiger partial charge in [0.25, 0.3) is 0 Å². The van der Waals surface area contributed by atoms with Crippen molar-refractivity contribution in [1.29, 1.82) is 0 Å². The molecule has 0 spiro atoms. The molecule has 2 aromatic heterocycles. The topological polar surface area (TPSA) is 113 Å². The van der Waals surface area contributed by atoms with Gasteiger partial charge >= 0.3 is 0 Å². The van der Waals surface area contributed by atoms with Gasteiger partial charge in [-0.05, 0) is 32.8 Å². The molecule has 0 amide bonds. The molecule has 1 aliphatic heterocycles. The number of nitrogens with zero attached hydrogens (tertiary/aromatic N) is 5. The van der Waals surface area contributed by atoms with E-state index in [-0.39, 0.29) is 19.0 Å². The first-order chi connectivity index (χ1) is 13.4. The van der Waals surface area contributed by atoms with Crippen molar-refractivity contribution in [3.05, 3.63) is 24.2 Å². The number of sulfonamides is 1. The van der Waals surface area contributed by atoms with E-state index in [4.69, 9.17) is 0 Å². The quantitative estimate of drug-likeness (QED) is 0.714. The standard InChI is InChI=1S/C18H27FN6O3S/c1-12-7-20-17(22-15-5-6-25(10-14(15)19)29(4,27)28)23-16(12)13-8-21-24(9-13)11-18(2,3)26/h7-9,14-15,26H,5-6,10-11H2,1-4H3,(H,20,22,23)/t14-,15+/m1/s1. The Morgan fingerprint density at radius 3 is 2.72 bits per heavy atom. The number of anilines is 1. The lowest BCUT2D eigenvalue weighted by atomic mass is 10.1. The van der Waals surface area contributed by atoms with Crippen molar-refractivity contribution < 1.29 is 17.9 Å². The lowest BCUT2D eigenvalue weighted by Crippen LogP contribution is -2.49. The molecule has 2 aromatic rings. The molecule has 3 rings (SSSR count). The van der Waals surface area contributed by atoms with Gasteiger partial charge in [0, 0.05) is 31.0 Å². The van der Waals surface area contributed by atoms with E-state index in [1.165, 1.54) is 0 Å². The maximum absolute atomic E-state index is 14.5. The van der Waals surface area contributed by atoms with Crippen LogP contribution in [-0.2, 0) is 16.6 Å². The molecule has 9 nitrogen and oxygen atoms in total. The van der Waals surface area contributed by atoms with Gasteiger partial charge in [-0.2, -0.15) is 9.40 Å². The van der Waals surface area contributed by atoms with E-state index in [2.05, 4.69) is 20.4 Å². The molecule has 1 fully saturated rings. The van der Waals surface area contributed by atoms with E-state index >= 15 is 0 Å². The Morgan fingerprint density at radius 2 is 2.10 bits per heavy atom. The molecule has 11 heteroatoms. The van der Waals surface area contributed by atoms with Crippen molar-refractivity contribution in [2.24, 2.45) is 0 Å². The number of aliphatic hydroxyl groups is 1. The molecule has 0 saturated carbocycles. The second kappa shape index (κ2) is 7.96. The summed E-state index contributed by atoms with van der Waals surface area (Å²) >= 11 is 0. The normalized spacial score (nSPS) is 21.3. The van der Waals surface area contributed by atoms with Crippen LogP contribution in [0.3, 0.4) is 0 Å². The van der Waals surface area contributed by atoms with Crippen LogP contribution in [0.2, 0.25) is 0 Å². The van der Waals surface area contributed by atoms with Gasteiger partial charge < -0.3 is 10.4 Å². The highest BCUT2D eigenvalue weighted by Gasteiger charge is 2.33. The molecular formula is C18H27FN6O3S. The molecule has 0 radical (unpaired) electrons. The number of halogens is 1. The fraction of sp³-hybridized carbons (Fsp3) is 0.611. The lowest BCUT2D eigenvalue weighted by Gasteiger charge is -2.33. The zero-order valence-corrected chi connectivity index (χ0v) is 17.8. The number of rotatable bonds is 6. The van der Waals surface area contributed by atoms with Crippen molar-refractivity contribution in [3.63, 3.8) is 0 Å². The molecule has 0 aromatic carbocycles. The van der Waals surface area contributed by atoms with Crippen molar-refractivity contribution in [3.8, 4) is 11.3 Å². The van der Waals surface area contributed by atoms with Crippen LogP contribution in [0.25, 0.3) is 11.3 Å². The van der Waals surface area contributed by atoms with Gasteiger partial charge in [-0.1, -0.05) is 0 Å². The van der Waals surface area contributed by atoms with Crippen LogP contribution in [0.1, 0.15) is 25.8 Å². The highest BCUT2D eigenvalue weighted by molar-refractivity contribution is 7.88. The SMILES string of the molecule is Cc1cnc(N[C@H]2CCN(S(C)(=O)=O)C[C@H]2F)nc1-c1cnn(CC(C)(C)O)c1. The van der Waals surface area contributed by atoms with E-state index < -0.39 is 27.8 Å². The van der Waals surface area contributed by atoms with Gasteiger partial charge in [-0.25, -0.2) is 22.8 Å². The van der Waals surface area contributed by atoms with Crippen LogP contribution in [0.15, 0.2) is 18.6 Å². The summed E-state index contributed by atoms with van der Waals surface area (Å²) in [5.41, 5.74) is 1.37. The largest absolute Gasteiger partial charge is 0.389 e. The van der Waals surface area contributed by atoms with Gasteiger partial charge in [0.05, 0.1) is 36.3 Å². The predicted octanol–water partition coefficient (Wildman–Crippen LogP) is 1.20. The van der Waals surface area contributed by atoms with E-state index in [1.807, 2.05) is 6.92 Å². The summed E-state index contributed by atoms with van der Waals surface area (Å²) in [5, 5.41) is 17.2. The summed E-state index contributed by atoms with van der Waals surface area (Å²) in [7, 11) is -3.41. The third-order valence-electron chi connectivity index (χ3n) is 4.71. The number of aromatic nitrogens is 4. The maximum atomic E-state index is 14.5. The van der Waals surface area contributed by atoms with Gasteiger partial charge in [-0.3, -0.25) is 4.68 Å². The van der Waals surface area contributed by atoms with E-state index in [0.717, 1.165) is 21.7 Å². The first-order valence-corrected chi connectivity index (χ1v) is 11.2. The Hall–Kier alpha value is -2.11. The average Bonchev–Trinajstić information content (AvgIpc) is 3.03. The van der Waals surface area contributed by atoms with Crippen molar-refractivity contribution in [2.45, 2.75) is 51.6 Å². The molecule has 1 saturated heterocycles. The summed E-state index contributed by atoms with van der Waals surface area (Å²) in [6.07, 6.45) is 5.15. The minimum absolute atomic E-state index is 0.182. The first-order valence-electron chi connectivity index (χ1n) is 9.37. The molecule has 160 valence electrons. The number of aryl methyl sites for hydroxylation is 1. The number of piperidine rings is 1. The third kappa shape index (κ3) is 5.49. The minimum Gasteiger partial charge on any atom is -0.389 e. The smallest absolute Gasteiger partial charge is 0.223 e. The average molecular weight is 427 g/mol. The predicted molar refractivity (Wildman–Crippen MR) is 108 cm³/mol. The molecular weight excluding hydrogens is 399 g/mol. The fourth-order valence-electron chi connectivity index (χ4n) is 3.28. The van der Waals surface area contributed by atoms with Crippen molar-refractivity contribution in [1.82, 2.24) is 24.1 Å². The molecule has 0 aliphatic carbocycles. The summed E-state index contributed by atoms with van der Waals surface area (Å²) in [4.78, 5) is 8.75. The molecule has 0 unspecified atom stereocenters. The van der Waals surface area contributed by atoms with Gasteiger partial charge in [-0.15, -0.1) is 0 Å². The summed E-state index contributed by atoms with van der Waals surface area (Å²) in [6.45, 7) is 5.68. The van der Waals surface area contributed by atoms with Gasteiger partial charge in [0.15, 0.2) is 0 Å². The second-order valence-corrected chi connectivity index (χ2v) is 10.1. The number of alkyl halides is 1. The highest BCUT2D eigenvalue weighted by atomic mass is 32.2. The molecule has 2 N–H and O–H groups in total. The third-order valence-corrected chi connectivity index (χ3v) is 5.98. The molecule has 3 heterocycles. The van der Waals surface area contributed by atoms with Crippen LogP contribution in [-0.4, -0.2) is 74.7 Å². The van der Waals surface area contributed by atoms with E-state index in [1.54, 1.807) is 37.1 Å². The van der Waals surface area contributed by atoms with E-state index in [0.29, 0.717) is 18.7 Å². The number of hydrogen-bond acceptors (Lipinski definition) is 7. The highest BCUT2D eigenvalue weighted by Crippen LogP contribution is 2.24. The fourth-order valence-corrected chi connectivity index (χ4v) is 4.13. The zero-order chi connectivity index (χ0) is 21.4. The summed E-state index contributed by atoms with van der Waals surface area (Å²) < 4.78 is 40.5. The van der Waals surface area contributed by atoms with Crippen LogP contribution < -0.4 is 5.32 Å². The Labute approximate surface area is 170 Å². The Balaban J connectivity index is 1.75. The summed E-state index contributed by atoms with van der Waals surface area (Å²) in [6, 6.07) is -0.568. The second-order valence-electron chi connectivity index (χ2n) is 8.14. The first kappa shape index (κ1) is 21.6. The Morgan fingerprint density at radius 1 is 1.38 bits per heavy atom. The number of nitrogens with one attached hydrogen (secondary N) is 1. The Bertz CT molecular complexity index is 972. The van der Waals surface area contributed by atoms with Gasteiger partial charge in [0.2, 0.25) is 16.0 Å². The molecule has 0 bridgehead atoms.